The van der Waals surface area contributed by atoms with Crippen molar-refractivity contribution in [3.63, 3.8) is 0 Å². The Morgan fingerprint density at radius 2 is 1.61 bits per heavy atom. The van der Waals surface area contributed by atoms with Crippen LogP contribution in [0.4, 0.5) is 0 Å². The maximum atomic E-state index is 6.25. The minimum absolute atomic E-state index is 0.517. The molecule has 0 saturated carbocycles. The van der Waals surface area contributed by atoms with E-state index in [1.54, 1.807) is 0 Å². The van der Waals surface area contributed by atoms with Crippen molar-refractivity contribution in [3.8, 4) is 22.9 Å². The van der Waals surface area contributed by atoms with E-state index >= 15 is 0 Å². The van der Waals surface area contributed by atoms with Gasteiger partial charge in [0.25, 0.3) is 0 Å². The largest absolute Gasteiger partial charge is 0.461 e. The predicted molar refractivity (Wildman–Crippen MR) is 123 cm³/mol. The van der Waals surface area contributed by atoms with E-state index in [0.29, 0.717) is 5.88 Å². The van der Waals surface area contributed by atoms with Gasteiger partial charge >= 0.3 is 0 Å². The maximum absolute atomic E-state index is 6.25. The molecule has 0 amide bonds. The number of fused-ring (bicyclic) bond motifs is 4. The fourth-order valence-corrected chi connectivity index (χ4v) is 4.50. The van der Waals surface area contributed by atoms with Gasteiger partial charge in [0.2, 0.25) is 5.88 Å². The van der Waals surface area contributed by atoms with E-state index < -0.39 is 0 Å². The number of ether oxygens (including phenoxy) is 1. The molecule has 0 aliphatic heterocycles. The monoisotopic (exact) mass is 406 g/mol. The molecule has 0 atom stereocenters. The van der Waals surface area contributed by atoms with Gasteiger partial charge in [0.05, 0.1) is 0 Å². The first-order chi connectivity index (χ1) is 15.3. The van der Waals surface area contributed by atoms with Crippen molar-refractivity contribution in [2.24, 2.45) is 0 Å². The van der Waals surface area contributed by atoms with Crippen molar-refractivity contribution in [2.75, 3.05) is 0 Å². The lowest BCUT2D eigenvalue weighted by molar-refractivity contribution is 0.462. The zero-order chi connectivity index (χ0) is 20.8. The number of aryl methyl sites for hydroxylation is 3. The molecule has 5 aromatic rings. The second-order valence-electron chi connectivity index (χ2n) is 8.24. The number of nitrogens with zero attached hydrogens (tertiary/aromatic N) is 2. The summed E-state index contributed by atoms with van der Waals surface area (Å²) in [6, 6.07) is 22.5. The summed E-state index contributed by atoms with van der Waals surface area (Å²) in [6.45, 7) is 2.08. The predicted octanol–water partition coefficient (Wildman–Crippen LogP) is 7.02. The minimum Gasteiger partial charge on any atom is -0.461 e. The zero-order valence-corrected chi connectivity index (χ0v) is 17.4. The number of aromatic nitrogens is 2. The first-order valence-electron chi connectivity index (χ1n) is 10.8. The fraction of sp³-hybridized carbons (Fsp3) is 0.185. The van der Waals surface area contributed by atoms with Crippen LogP contribution in [0, 0.1) is 6.92 Å². The molecule has 0 saturated heterocycles. The Hall–Kier alpha value is -3.66. The fourth-order valence-electron chi connectivity index (χ4n) is 4.50. The highest BCUT2D eigenvalue weighted by molar-refractivity contribution is 5.97. The molecular weight excluding hydrogens is 384 g/mol. The molecule has 152 valence electrons. The highest BCUT2D eigenvalue weighted by Crippen LogP contribution is 2.37. The molecular formula is C27H22N2O2. The number of benzene rings is 3. The van der Waals surface area contributed by atoms with Crippen molar-refractivity contribution in [2.45, 2.75) is 32.6 Å². The van der Waals surface area contributed by atoms with Crippen molar-refractivity contribution < 1.29 is 9.15 Å². The second kappa shape index (κ2) is 7.24. The van der Waals surface area contributed by atoms with Crippen molar-refractivity contribution in [1.82, 2.24) is 10.2 Å². The van der Waals surface area contributed by atoms with Gasteiger partial charge in [-0.15, -0.1) is 10.2 Å². The molecule has 2 heterocycles. The average Bonchev–Trinajstić information content (AvgIpc) is 3.18. The van der Waals surface area contributed by atoms with Crippen LogP contribution in [-0.2, 0) is 12.8 Å². The third-order valence-corrected chi connectivity index (χ3v) is 6.12. The van der Waals surface area contributed by atoms with E-state index in [2.05, 4.69) is 53.5 Å². The molecule has 1 aliphatic rings. The zero-order valence-electron chi connectivity index (χ0n) is 17.4. The van der Waals surface area contributed by atoms with Gasteiger partial charge in [-0.25, -0.2) is 0 Å². The molecule has 2 aromatic heterocycles. The molecule has 4 nitrogen and oxygen atoms in total. The van der Waals surface area contributed by atoms with Crippen LogP contribution in [0.3, 0.4) is 0 Å². The summed E-state index contributed by atoms with van der Waals surface area (Å²) in [5.74, 6) is 2.40. The van der Waals surface area contributed by atoms with Crippen LogP contribution in [0.1, 0.15) is 29.7 Å². The smallest absolute Gasteiger partial charge is 0.246 e. The maximum Gasteiger partial charge on any atom is 0.246 e. The molecule has 0 unspecified atom stereocenters. The number of rotatable bonds is 3. The topological polar surface area (TPSA) is 48.2 Å². The molecule has 0 bridgehead atoms. The summed E-state index contributed by atoms with van der Waals surface area (Å²) in [4.78, 5) is 0. The van der Waals surface area contributed by atoms with Crippen molar-refractivity contribution >= 4 is 21.7 Å². The van der Waals surface area contributed by atoms with Crippen LogP contribution in [0.2, 0.25) is 0 Å². The van der Waals surface area contributed by atoms with E-state index in [1.165, 1.54) is 24.0 Å². The molecule has 6 rings (SSSR count). The molecule has 31 heavy (non-hydrogen) atoms. The van der Waals surface area contributed by atoms with Gasteiger partial charge in [0.1, 0.15) is 22.8 Å². The number of furan rings is 1. The summed E-state index contributed by atoms with van der Waals surface area (Å²) in [7, 11) is 0. The Morgan fingerprint density at radius 1 is 0.806 bits per heavy atom. The van der Waals surface area contributed by atoms with Crippen molar-refractivity contribution in [3.05, 3.63) is 83.6 Å². The summed E-state index contributed by atoms with van der Waals surface area (Å²) in [5.41, 5.74) is 5.40. The van der Waals surface area contributed by atoms with E-state index in [-0.39, 0.29) is 0 Å². The first kappa shape index (κ1) is 18.1. The molecule has 0 N–H and O–H groups in total. The van der Waals surface area contributed by atoms with E-state index in [4.69, 9.17) is 9.15 Å². The molecule has 1 aliphatic carbocycles. The summed E-state index contributed by atoms with van der Waals surface area (Å²) >= 11 is 0. The average molecular weight is 406 g/mol. The van der Waals surface area contributed by atoms with Gasteiger partial charge < -0.3 is 9.15 Å². The van der Waals surface area contributed by atoms with Gasteiger partial charge in [0, 0.05) is 33.7 Å². The molecule has 0 radical (unpaired) electrons. The van der Waals surface area contributed by atoms with E-state index in [9.17, 15) is 0 Å². The highest BCUT2D eigenvalue weighted by Gasteiger charge is 2.19. The Balaban J connectivity index is 1.42. The van der Waals surface area contributed by atoms with E-state index in [1.807, 2.05) is 30.3 Å². The molecule has 4 heteroatoms. The van der Waals surface area contributed by atoms with Crippen molar-refractivity contribution in [1.29, 1.82) is 0 Å². The lowest BCUT2D eigenvalue weighted by Crippen LogP contribution is -1.98. The minimum atomic E-state index is 0.517. The highest BCUT2D eigenvalue weighted by atomic mass is 16.5. The lowest BCUT2D eigenvalue weighted by Gasteiger charge is -2.11. The quantitative estimate of drug-likeness (QED) is 0.323. The third-order valence-electron chi connectivity index (χ3n) is 6.12. The Labute approximate surface area is 180 Å². The summed E-state index contributed by atoms with van der Waals surface area (Å²) < 4.78 is 12.3. The van der Waals surface area contributed by atoms with Crippen LogP contribution in [0.25, 0.3) is 33.0 Å². The van der Waals surface area contributed by atoms with Crippen LogP contribution < -0.4 is 4.74 Å². The lowest BCUT2D eigenvalue weighted by atomic mass is 9.96. The van der Waals surface area contributed by atoms with Crippen LogP contribution in [0.5, 0.6) is 11.6 Å². The van der Waals surface area contributed by atoms with Gasteiger partial charge in [-0.05, 0) is 50.5 Å². The SMILES string of the molecule is Cc1ccc(-c2nnc(Oc3ccc4oc5c(c4c3)CCCC5)c3ccccc23)cc1. The summed E-state index contributed by atoms with van der Waals surface area (Å²) in [6.07, 6.45) is 4.50. The van der Waals surface area contributed by atoms with Gasteiger partial charge in [-0.3, -0.25) is 0 Å². The van der Waals surface area contributed by atoms with Gasteiger partial charge in [-0.2, -0.15) is 0 Å². The first-order valence-corrected chi connectivity index (χ1v) is 10.8. The molecule has 3 aromatic carbocycles. The molecule has 0 fully saturated rings. The van der Waals surface area contributed by atoms with Crippen LogP contribution >= 0.6 is 0 Å². The normalized spacial score (nSPS) is 13.5. The summed E-state index contributed by atoms with van der Waals surface area (Å²) in [5, 5.41) is 12.1. The van der Waals surface area contributed by atoms with Gasteiger partial charge in [-0.1, -0.05) is 48.0 Å². The molecule has 0 spiro atoms. The Kier molecular flexibility index (Phi) is 4.23. The Bertz CT molecular complexity index is 1420. The Morgan fingerprint density at radius 3 is 2.48 bits per heavy atom. The number of hydrogen-bond donors (Lipinski definition) is 0. The van der Waals surface area contributed by atoms with Crippen LogP contribution in [-0.4, -0.2) is 10.2 Å². The van der Waals surface area contributed by atoms with Crippen LogP contribution in [0.15, 0.2) is 71.1 Å². The second-order valence-corrected chi connectivity index (χ2v) is 8.24. The van der Waals surface area contributed by atoms with Gasteiger partial charge in [0.15, 0.2) is 0 Å². The standard InChI is InChI=1S/C27H22N2O2/c1-17-10-12-18(13-11-17)26-21-7-2-3-8-22(21)27(29-28-26)30-19-14-15-25-23(16-19)20-6-4-5-9-24(20)31-25/h2-3,7-8,10-16H,4-6,9H2,1H3. The van der Waals surface area contributed by atoms with E-state index in [0.717, 1.165) is 57.4 Å². The number of hydrogen-bond acceptors (Lipinski definition) is 4. The third kappa shape index (κ3) is 3.15.